The average Bonchev–Trinajstić information content (AvgIpc) is 3.45. The van der Waals surface area contributed by atoms with Crippen molar-refractivity contribution in [1.82, 2.24) is 0 Å². The molecule has 0 saturated heterocycles. The number of ether oxygens (including phenoxy) is 2. The van der Waals surface area contributed by atoms with E-state index in [4.69, 9.17) is 4.74 Å². The second-order valence-electron chi connectivity index (χ2n) is 9.07. The van der Waals surface area contributed by atoms with E-state index in [0.29, 0.717) is 19.6 Å². The first-order valence-corrected chi connectivity index (χ1v) is 11.7. The number of carbonyl (C=O) groups is 1. The van der Waals surface area contributed by atoms with Crippen molar-refractivity contribution < 1.29 is 19.4 Å². The van der Waals surface area contributed by atoms with E-state index >= 15 is 0 Å². The lowest BCUT2D eigenvalue weighted by Gasteiger charge is -2.17. The Morgan fingerprint density at radius 2 is 2.09 bits per heavy atom. The van der Waals surface area contributed by atoms with Crippen LogP contribution in [0.3, 0.4) is 0 Å². The lowest BCUT2D eigenvalue weighted by atomic mass is 9.91. The zero-order chi connectivity index (χ0) is 23.8. The molecule has 1 spiro atoms. The highest BCUT2D eigenvalue weighted by Crippen LogP contribution is 2.60. The molecule has 1 saturated carbocycles. The number of hydrogen-bond donors (Lipinski definition) is 2. The molecule has 174 valence electrons. The third-order valence-corrected chi connectivity index (χ3v) is 7.20. The van der Waals surface area contributed by atoms with Gasteiger partial charge in [0.15, 0.2) is 7.11 Å². The summed E-state index contributed by atoms with van der Waals surface area (Å²) in [5, 5.41) is 12.9. The maximum absolute atomic E-state index is 11.4. The molecule has 2 atom stereocenters. The summed E-state index contributed by atoms with van der Waals surface area (Å²) in [6, 6.07) is 12.4. The van der Waals surface area contributed by atoms with Crippen LogP contribution < -0.4 is 10.1 Å². The van der Waals surface area contributed by atoms with E-state index in [1.54, 1.807) is 0 Å². The summed E-state index contributed by atoms with van der Waals surface area (Å²) >= 11 is 0. The van der Waals surface area contributed by atoms with Crippen molar-refractivity contribution in [2.75, 3.05) is 25.6 Å². The molecule has 0 radical (unpaired) electrons. The van der Waals surface area contributed by atoms with Crippen LogP contribution in [0.1, 0.15) is 48.9 Å². The highest BCUT2D eigenvalue weighted by molar-refractivity contribution is 5.80. The summed E-state index contributed by atoms with van der Waals surface area (Å²) in [6.07, 6.45) is 2.47. The minimum atomic E-state index is -0.734. The fraction of sp³-hybridized carbons (Fsp3) is 0.393. The molecule has 2 aliphatic rings. The molecular formula is C28H34NO4+. The molecule has 4 rings (SSSR count). The smallest absolute Gasteiger partial charge is 0.307 e. The van der Waals surface area contributed by atoms with Gasteiger partial charge in [-0.15, -0.1) is 0 Å². The number of allylic oxidation sites excluding steroid dienone is 1. The Kier molecular flexibility index (Phi) is 6.24. The van der Waals surface area contributed by atoms with Gasteiger partial charge in [0.1, 0.15) is 5.75 Å². The van der Waals surface area contributed by atoms with Crippen molar-refractivity contribution in [2.24, 2.45) is 5.92 Å². The minimum Gasteiger partial charge on any atom is -0.584 e. The van der Waals surface area contributed by atoms with Crippen LogP contribution in [-0.4, -0.2) is 36.1 Å². The number of rotatable bonds is 9. The number of nitrogens with one attached hydrogen (secondary N) is 1. The minimum absolute atomic E-state index is 0.329. The van der Waals surface area contributed by atoms with E-state index in [9.17, 15) is 9.90 Å². The van der Waals surface area contributed by atoms with Gasteiger partial charge in [0.25, 0.3) is 5.76 Å². The van der Waals surface area contributed by atoms with E-state index in [0.717, 1.165) is 41.2 Å². The maximum atomic E-state index is 11.4. The van der Waals surface area contributed by atoms with Crippen LogP contribution in [0.5, 0.6) is 5.75 Å². The number of aliphatic hydroxyl groups is 2. The van der Waals surface area contributed by atoms with Gasteiger partial charge in [-0.05, 0) is 48.9 Å². The molecule has 1 aliphatic heterocycles. The van der Waals surface area contributed by atoms with E-state index in [1.165, 1.54) is 22.3 Å². The number of anilines is 1. The SMILES string of the molecule is C=C(/C([OH+]C)=C(\CC)CNc1ccc2c(c1)OC[C@@]21CC1C(=O)O)c1c(C)cccc1CC. The quantitative estimate of drug-likeness (QED) is 0.313. The fourth-order valence-electron chi connectivity index (χ4n) is 5.20. The predicted molar refractivity (Wildman–Crippen MR) is 133 cm³/mol. The summed E-state index contributed by atoms with van der Waals surface area (Å²) in [5.41, 5.74) is 7.51. The molecule has 1 fully saturated rings. The van der Waals surface area contributed by atoms with E-state index in [2.05, 4.69) is 55.6 Å². The largest absolute Gasteiger partial charge is 0.584 e. The summed E-state index contributed by atoms with van der Waals surface area (Å²) in [5.74, 6) is 0.680. The molecule has 3 N–H and O–H groups in total. The van der Waals surface area contributed by atoms with Gasteiger partial charge in [-0.25, -0.2) is 0 Å². The molecule has 1 unspecified atom stereocenters. The molecule has 2 aromatic carbocycles. The summed E-state index contributed by atoms with van der Waals surface area (Å²) < 4.78 is 10.5. The molecule has 5 heteroatoms. The first-order chi connectivity index (χ1) is 15.9. The van der Waals surface area contributed by atoms with Crippen molar-refractivity contribution in [2.45, 2.75) is 45.4 Å². The number of carboxylic acid groups (broad SMARTS) is 1. The number of aryl methyl sites for hydroxylation is 2. The van der Waals surface area contributed by atoms with Crippen LogP contribution in [-0.2, 0) is 16.6 Å². The Morgan fingerprint density at radius 3 is 2.73 bits per heavy atom. The zero-order valence-electron chi connectivity index (χ0n) is 20.0. The summed E-state index contributed by atoms with van der Waals surface area (Å²) in [4.78, 5) is 11.4. The third-order valence-electron chi connectivity index (χ3n) is 7.20. The number of carboxylic acids is 1. The lowest BCUT2D eigenvalue weighted by Crippen LogP contribution is -2.16. The molecule has 0 bridgehead atoms. The maximum Gasteiger partial charge on any atom is 0.307 e. The topological polar surface area (TPSA) is 71.4 Å². The van der Waals surface area contributed by atoms with Crippen molar-refractivity contribution in [3.05, 3.63) is 76.6 Å². The normalized spacial score (nSPS) is 21.2. The third kappa shape index (κ3) is 4.01. The van der Waals surface area contributed by atoms with Crippen molar-refractivity contribution in [1.29, 1.82) is 0 Å². The molecule has 33 heavy (non-hydrogen) atoms. The molecule has 2 aromatic rings. The predicted octanol–water partition coefficient (Wildman–Crippen LogP) is 5.24. The van der Waals surface area contributed by atoms with Crippen LogP contribution in [0.25, 0.3) is 5.57 Å². The first-order valence-electron chi connectivity index (χ1n) is 11.7. The van der Waals surface area contributed by atoms with Gasteiger partial charge < -0.3 is 19.9 Å². The Labute approximate surface area is 196 Å². The van der Waals surface area contributed by atoms with Gasteiger partial charge in [0.2, 0.25) is 0 Å². The first kappa shape index (κ1) is 23.0. The van der Waals surface area contributed by atoms with E-state index in [-0.39, 0.29) is 11.3 Å². The standard InChI is InChI=1S/C28H33NO4/c1-6-19-10-8-9-17(3)25(19)18(4)26(32-5)20(7-2)15-29-21-11-12-22-24(13-21)33-16-28(22)14-23(28)27(30)31/h8-13,23,29H,4,6-7,14-16H2,1-3,5H3,(H,30,31)/p+1/b26-20-/t23?,28-/m0/s1. The van der Waals surface area contributed by atoms with Gasteiger partial charge in [0, 0.05) is 34.9 Å². The molecule has 1 heterocycles. The Hall–Kier alpha value is -3.21. The van der Waals surface area contributed by atoms with Crippen LogP contribution in [0.4, 0.5) is 5.69 Å². The second kappa shape index (κ2) is 8.97. The molecule has 1 aliphatic carbocycles. The summed E-state index contributed by atoms with van der Waals surface area (Å²) in [7, 11) is 1.83. The number of aliphatic carboxylic acids is 1. The van der Waals surface area contributed by atoms with Gasteiger partial charge in [0.05, 0.1) is 18.1 Å². The van der Waals surface area contributed by atoms with Crippen LogP contribution in [0.2, 0.25) is 0 Å². The van der Waals surface area contributed by atoms with Gasteiger partial charge in [-0.1, -0.05) is 44.7 Å². The molecule has 0 aromatic heterocycles. The Morgan fingerprint density at radius 1 is 1.30 bits per heavy atom. The molecule has 0 amide bonds. The fourth-order valence-corrected chi connectivity index (χ4v) is 5.20. The lowest BCUT2D eigenvalue weighted by molar-refractivity contribution is -0.139. The van der Waals surface area contributed by atoms with Crippen LogP contribution in [0, 0.1) is 12.8 Å². The van der Waals surface area contributed by atoms with Crippen LogP contribution in [0.15, 0.2) is 54.3 Å². The zero-order valence-corrected chi connectivity index (χ0v) is 20.0. The van der Waals surface area contributed by atoms with Gasteiger partial charge >= 0.3 is 5.97 Å². The average molecular weight is 449 g/mol. The number of benzene rings is 2. The number of fused-ring (bicyclic) bond motifs is 2. The van der Waals surface area contributed by atoms with Crippen molar-refractivity contribution in [3.8, 4) is 5.75 Å². The van der Waals surface area contributed by atoms with E-state index < -0.39 is 5.97 Å². The Bertz CT molecular complexity index is 1130. The van der Waals surface area contributed by atoms with Gasteiger partial charge in [-0.3, -0.25) is 4.79 Å². The summed E-state index contributed by atoms with van der Waals surface area (Å²) in [6.45, 7) is 12.0. The van der Waals surface area contributed by atoms with Crippen molar-refractivity contribution in [3.63, 3.8) is 0 Å². The van der Waals surface area contributed by atoms with E-state index in [1.807, 2.05) is 25.3 Å². The van der Waals surface area contributed by atoms with Crippen molar-refractivity contribution >= 4 is 17.2 Å². The van der Waals surface area contributed by atoms with Crippen LogP contribution >= 0.6 is 0 Å². The number of hydrogen-bond acceptors (Lipinski definition) is 3. The molecular weight excluding hydrogens is 414 g/mol. The second-order valence-corrected chi connectivity index (χ2v) is 9.07. The molecule has 5 nitrogen and oxygen atoms in total. The highest BCUT2D eigenvalue weighted by atomic mass is 16.5. The highest BCUT2D eigenvalue weighted by Gasteiger charge is 2.63. The van der Waals surface area contributed by atoms with Gasteiger partial charge in [-0.2, -0.15) is 0 Å². The monoisotopic (exact) mass is 448 g/mol. The Balaban J connectivity index is 1.55.